The SMILES string of the molecule is C=CN/N=C(\CNC(=O)c1ccccc1Br)C(=O)NC1CCNCC1. The highest BCUT2D eigenvalue weighted by atomic mass is 79.9. The van der Waals surface area contributed by atoms with Crippen molar-refractivity contribution in [2.75, 3.05) is 19.6 Å². The summed E-state index contributed by atoms with van der Waals surface area (Å²) in [6.07, 6.45) is 3.11. The van der Waals surface area contributed by atoms with E-state index in [2.05, 4.69) is 49.0 Å². The predicted molar refractivity (Wildman–Crippen MR) is 101 cm³/mol. The minimum absolute atomic E-state index is 0.0117. The fourth-order valence-electron chi connectivity index (χ4n) is 2.43. The van der Waals surface area contributed by atoms with Gasteiger partial charge in [0, 0.05) is 16.7 Å². The van der Waals surface area contributed by atoms with Crippen LogP contribution in [-0.4, -0.2) is 43.2 Å². The molecule has 7 nitrogen and oxygen atoms in total. The third-order valence-corrected chi connectivity index (χ3v) is 4.45. The molecular weight excluding hydrogens is 386 g/mol. The van der Waals surface area contributed by atoms with Gasteiger partial charge in [0.15, 0.2) is 0 Å². The second-order valence-corrected chi connectivity index (χ2v) is 6.41. The molecule has 25 heavy (non-hydrogen) atoms. The summed E-state index contributed by atoms with van der Waals surface area (Å²) in [4.78, 5) is 24.7. The number of benzene rings is 1. The van der Waals surface area contributed by atoms with E-state index in [4.69, 9.17) is 0 Å². The molecule has 1 aliphatic rings. The van der Waals surface area contributed by atoms with Crippen LogP contribution >= 0.6 is 15.9 Å². The second kappa shape index (κ2) is 9.95. The van der Waals surface area contributed by atoms with Crippen molar-refractivity contribution < 1.29 is 9.59 Å². The molecule has 2 amide bonds. The molecule has 0 spiro atoms. The summed E-state index contributed by atoms with van der Waals surface area (Å²) in [5.74, 6) is -0.581. The number of piperidine rings is 1. The summed E-state index contributed by atoms with van der Waals surface area (Å²) in [7, 11) is 0. The Balaban J connectivity index is 1.97. The Morgan fingerprint density at radius 2 is 2.04 bits per heavy atom. The maximum Gasteiger partial charge on any atom is 0.269 e. The van der Waals surface area contributed by atoms with E-state index in [0.717, 1.165) is 25.9 Å². The molecule has 1 fully saturated rings. The molecule has 2 rings (SSSR count). The lowest BCUT2D eigenvalue weighted by Gasteiger charge is -2.24. The Kier molecular flexibility index (Phi) is 7.62. The van der Waals surface area contributed by atoms with Gasteiger partial charge in [0.1, 0.15) is 5.71 Å². The summed E-state index contributed by atoms with van der Waals surface area (Å²) in [6.45, 7) is 5.27. The Morgan fingerprint density at radius 3 is 2.72 bits per heavy atom. The highest BCUT2D eigenvalue weighted by Crippen LogP contribution is 2.15. The lowest BCUT2D eigenvalue weighted by Crippen LogP contribution is -2.47. The Bertz CT molecular complexity index is 656. The van der Waals surface area contributed by atoms with E-state index >= 15 is 0 Å². The molecule has 0 unspecified atom stereocenters. The number of amides is 2. The van der Waals surface area contributed by atoms with Crippen molar-refractivity contribution in [3.05, 3.63) is 47.1 Å². The topological polar surface area (TPSA) is 94.6 Å². The van der Waals surface area contributed by atoms with Crippen molar-refractivity contribution >= 4 is 33.5 Å². The molecule has 1 heterocycles. The number of rotatable bonds is 7. The molecular formula is C17H22BrN5O2. The van der Waals surface area contributed by atoms with Crippen LogP contribution < -0.4 is 21.4 Å². The first kappa shape index (κ1) is 19.1. The number of carbonyl (C=O) groups is 2. The average molecular weight is 408 g/mol. The monoisotopic (exact) mass is 407 g/mol. The van der Waals surface area contributed by atoms with Crippen LogP contribution in [0.1, 0.15) is 23.2 Å². The molecule has 1 aliphatic heterocycles. The van der Waals surface area contributed by atoms with Crippen molar-refractivity contribution in [1.29, 1.82) is 0 Å². The number of nitrogens with one attached hydrogen (secondary N) is 4. The molecule has 1 aromatic rings. The minimum atomic E-state index is -0.298. The molecule has 1 aromatic carbocycles. The van der Waals surface area contributed by atoms with Gasteiger partial charge >= 0.3 is 0 Å². The third-order valence-electron chi connectivity index (χ3n) is 3.76. The van der Waals surface area contributed by atoms with Gasteiger partial charge in [-0.15, -0.1) is 0 Å². The van der Waals surface area contributed by atoms with E-state index < -0.39 is 0 Å². The molecule has 0 saturated carbocycles. The number of hydrazone groups is 1. The third kappa shape index (κ3) is 5.99. The van der Waals surface area contributed by atoms with E-state index in [0.29, 0.717) is 10.0 Å². The first-order valence-corrected chi connectivity index (χ1v) is 8.88. The number of nitrogens with zero attached hydrogens (tertiary/aromatic N) is 1. The van der Waals surface area contributed by atoms with E-state index in [1.54, 1.807) is 18.2 Å². The van der Waals surface area contributed by atoms with E-state index in [-0.39, 0.29) is 30.1 Å². The molecule has 0 radical (unpaired) electrons. The summed E-state index contributed by atoms with van der Waals surface area (Å²) >= 11 is 3.34. The van der Waals surface area contributed by atoms with Crippen molar-refractivity contribution in [3.63, 3.8) is 0 Å². The Morgan fingerprint density at radius 1 is 1.32 bits per heavy atom. The van der Waals surface area contributed by atoms with Crippen LogP contribution in [0.3, 0.4) is 0 Å². The number of hydrogen-bond acceptors (Lipinski definition) is 5. The fraction of sp³-hybridized carbons (Fsp3) is 0.353. The lowest BCUT2D eigenvalue weighted by atomic mass is 10.1. The summed E-state index contributed by atoms with van der Waals surface area (Å²) < 4.78 is 0.689. The van der Waals surface area contributed by atoms with Crippen LogP contribution in [0.4, 0.5) is 0 Å². The van der Waals surface area contributed by atoms with Gasteiger partial charge in [-0.2, -0.15) is 5.10 Å². The van der Waals surface area contributed by atoms with Crippen LogP contribution in [0, 0.1) is 0 Å². The van der Waals surface area contributed by atoms with Crippen LogP contribution in [0.25, 0.3) is 0 Å². The Labute approximate surface area is 155 Å². The zero-order valence-electron chi connectivity index (χ0n) is 13.8. The van der Waals surface area contributed by atoms with Crippen molar-refractivity contribution in [3.8, 4) is 0 Å². The van der Waals surface area contributed by atoms with E-state index in [1.165, 1.54) is 6.20 Å². The lowest BCUT2D eigenvalue weighted by molar-refractivity contribution is -0.115. The number of hydrogen-bond donors (Lipinski definition) is 4. The molecule has 8 heteroatoms. The van der Waals surface area contributed by atoms with Gasteiger partial charge in [0.25, 0.3) is 11.8 Å². The van der Waals surface area contributed by atoms with Crippen LogP contribution in [0.2, 0.25) is 0 Å². The summed E-state index contributed by atoms with van der Waals surface area (Å²) in [6, 6.07) is 7.20. The molecule has 4 N–H and O–H groups in total. The van der Waals surface area contributed by atoms with Gasteiger partial charge in [-0.1, -0.05) is 18.7 Å². The normalized spacial score (nSPS) is 15.3. The first-order valence-electron chi connectivity index (χ1n) is 8.09. The molecule has 0 bridgehead atoms. The summed E-state index contributed by atoms with van der Waals surface area (Å²) in [5.41, 5.74) is 3.25. The van der Waals surface area contributed by atoms with Gasteiger partial charge in [0.2, 0.25) is 0 Å². The fourth-order valence-corrected chi connectivity index (χ4v) is 2.90. The largest absolute Gasteiger partial charge is 0.348 e. The zero-order valence-corrected chi connectivity index (χ0v) is 15.4. The standard InChI is InChI=1S/C17H22BrN5O2/c1-2-21-23-15(17(25)22-12-7-9-19-10-8-12)11-20-16(24)13-5-3-4-6-14(13)18/h2-6,12,19,21H,1,7-11H2,(H,20,24)(H,22,25)/b23-15+. The first-order chi connectivity index (χ1) is 12.1. The van der Waals surface area contributed by atoms with Gasteiger partial charge < -0.3 is 16.0 Å². The quantitative estimate of drug-likeness (QED) is 0.402. The molecule has 0 aliphatic carbocycles. The second-order valence-electron chi connectivity index (χ2n) is 5.55. The highest BCUT2D eigenvalue weighted by molar-refractivity contribution is 9.10. The smallest absolute Gasteiger partial charge is 0.269 e. The van der Waals surface area contributed by atoms with Gasteiger partial charge in [-0.25, -0.2) is 0 Å². The van der Waals surface area contributed by atoms with Crippen LogP contribution in [-0.2, 0) is 4.79 Å². The number of carbonyl (C=O) groups excluding carboxylic acids is 2. The highest BCUT2D eigenvalue weighted by Gasteiger charge is 2.20. The van der Waals surface area contributed by atoms with Gasteiger partial charge in [-0.05, 0) is 54.0 Å². The van der Waals surface area contributed by atoms with Crippen LogP contribution in [0.5, 0.6) is 0 Å². The molecule has 0 atom stereocenters. The van der Waals surface area contributed by atoms with Crippen molar-refractivity contribution in [2.24, 2.45) is 5.10 Å². The van der Waals surface area contributed by atoms with E-state index in [1.807, 2.05) is 6.07 Å². The molecule has 1 saturated heterocycles. The van der Waals surface area contributed by atoms with E-state index in [9.17, 15) is 9.59 Å². The predicted octanol–water partition coefficient (Wildman–Crippen LogP) is 1.14. The van der Waals surface area contributed by atoms with Gasteiger partial charge in [0.05, 0.1) is 12.1 Å². The minimum Gasteiger partial charge on any atom is -0.348 e. The van der Waals surface area contributed by atoms with Crippen LogP contribution in [0.15, 0.2) is 46.6 Å². The van der Waals surface area contributed by atoms with Crippen molar-refractivity contribution in [1.82, 2.24) is 21.4 Å². The maximum absolute atomic E-state index is 12.4. The molecule has 134 valence electrons. The summed E-state index contributed by atoms with van der Waals surface area (Å²) in [5, 5.41) is 12.9. The zero-order chi connectivity index (χ0) is 18.1. The van der Waals surface area contributed by atoms with Crippen molar-refractivity contribution in [2.45, 2.75) is 18.9 Å². The maximum atomic E-state index is 12.4. The Hall–Kier alpha value is -2.19. The molecule has 0 aromatic heterocycles. The number of halogens is 1. The average Bonchev–Trinajstić information content (AvgIpc) is 2.62. The van der Waals surface area contributed by atoms with Gasteiger partial charge in [-0.3, -0.25) is 15.0 Å².